The summed E-state index contributed by atoms with van der Waals surface area (Å²) in [5.74, 6) is -0.253. The van der Waals surface area contributed by atoms with Crippen LogP contribution in [0, 0.1) is 0 Å². The van der Waals surface area contributed by atoms with Crippen LogP contribution in [0.2, 0.25) is 0 Å². The molecule has 2 unspecified atom stereocenters. The van der Waals surface area contributed by atoms with Crippen molar-refractivity contribution in [2.45, 2.75) is 30.7 Å². The molecule has 8 heteroatoms. The molecule has 2 aromatic carbocycles. The number of halogens is 4. The van der Waals surface area contributed by atoms with Crippen LogP contribution in [-0.2, 0) is 12.1 Å². The van der Waals surface area contributed by atoms with Crippen LogP contribution in [0.4, 0.5) is 13.2 Å². The number of alkyl halides is 3. The zero-order chi connectivity index (χ0) is 17.8. The van der Waals surface area contributed by atoms with Crippen LogP contribution >= 0.6 is 28.7 Å². The van der Waals surface area contributed by atoms with E-state index in [4.69, 9.17) is 0 Å². The van der Waals surface area contributed by atoms with E-state index < -0.39 is 12.1 Å². The highest BCUT2D eigenvalue weighted by Gasteiger charge is 2.49. The lowest BCUT2D eigenvalue weighted by Crippen LogP contribution is -2.27. The predicted octanol–water partition coefficient (Wildman–Crippen LogP) is 5.07. The first kappa shape index (κ1) is 19.3. The monoisotopic (exact) mass is 445 g/mol. The van der Waals surface area contributed by atoms with Gasteiger partial charge in [-0.15, -0.1) is 41.9 Å². The lowest BCUT2D eigenvalue weighted by Gasteiger charge is -2.19. The Kier molecular flexibility index (Phi) is 4.87. The average Bonchev–Trinajstić information content (AvgIpc) is 2.93. The SMILES string of the molecule is Br.CC1=NC2(O)c3ccc(-c4cccc(OC(F)(F)F)c4)cc3CC2S1. The summed E-state index contributed by atoms with van der Waals surface area (Å²) in [6, 6.07) is 11.4. The van der Waals surface area contributed by atoms with E-state index in [2.05, 4.69) is 9.73 Å². The Morgan fingerprint density at radius 2 is 1.92 bits per heavy atom. The van der Waals surface area contributed by atoms with Gasteiger partial charge in [0.15, 0.2) is 5.72 Å². The fourth-order valence-electron chi connectivity index (χ4n) is 3.42. The van der Waals surface area contributed by atoms with E-state index in [1.807, 2.05) is 19.1 Å². The highest BCUT2D eigenvalue weighted by molar-refractivity contribution is 8.93. The topological polar surface area (TPSA) is 41.8 Å². The first-order valence-corrected chi connectivity index (χ1v) is 8.58. The Labute approximate surface area is 163 Å². The Balaban J connectivity index is 0.00000196. The lowest BCUT2D eigenvalue weighted by molar-refractivity contribution is -0.274. The molecule has 26 heavy (non-hydrogen) atoms. The number of aliphatic imine (C=N–C) groups is 1. The average molecular weight is 446 g/mol. The summed E-state index contributed by atoms with van der Waals surface area (Å²) < 4.78 is 41.2. The van der Waals surface area contributed by atoms with E-state index in [-0.39, 0.29) is 28.0 Å². The Hall–Kier alpha value is -1.51. The van der Waals surface area contributed by atoms with E-state index in [9.17, 15) is 18.3 Å². The van der Waals surface area contributed by atoms with E-state index in [1.165, 1.54) is 18.2 Å². The van der Waals surface area contributed by atoms with Crippen molar-refractivity contribution in [2.24, 2.45) is 4.99 Å². The number of aliphatic hydroxyl groups is 1. The molecule has 2 aromatic rings. The van der Waals surface area contributed by atoms with Gasteiger partial charge in [0.05, 0.1) is 10.3 Å². The molecule has 0 aromatic heterocycles. The quantitative estimate of drug-likeness (QED) is 0.701. The van der Waals surface area contributed by atoms with Crippen LogP contribution in [-0.4, -0.2) is 21.8 Å². The smallest absolute Gasteiger partial charge is 0.406 e. The Morgan fingerprint density at radius 1 is 1.19 bits per heavy atom. The van der Waals surface area contributed by atoms with Crippen molar-refractivity contribution < 1.29 is 23.0 Å². The van der Waals surface area contributed by atoms with E-state index in [0.29, 0.717) is 12.0 Å². The van der Waals surface area contributed by atoms with Crippen molar-refractivity contribution in [1.29, 1.82) is 0 Å². The Morgan fingerprint density at radius 3 is 2.65 bits per heavy atom. The summed E-state index contributed by atoms with van der Waals surface area (Å²) in [4.78, 5) is 4.37. The molecule has 0 spiro atoms. The van der Waals surface area contributed by atoms with Crippen LogP contribution in [0.1, 0.15) is 18.1 Å². The standard InChI is InChI=1S/C18H14F3NO2S.BrH/c1-10-22-17(23)15-6-5-12(7-13(15)9-16(17)25-10)11-3-2-4-14(8-11)24-18(19,20)21;/h2-8,16,23H,9H2,1H3;1H. The molecule has 1 N–H and O–H groups in total. The van der Waals surface area contributed by atoms with Crippen molar-refractivity contribution >= 4 is 33.8 Å². The number of ether oxygens (including phenoxy) is 1. The zero-order valence-electron chi connectivity index (χ0n) is 13.6. The summed E-state index contributed by atoms with van der Waals surface area (Å²) in [5.41, 5.74) is 1.95. The van der Waals surface area contributed by atoms with Crippen molar-refractivity contribution in [3.8, 4) is 16.9 Å². The molecule has 2 atom stereocenters. The Bertz CT molecular complexity index is 887. The summed E-state index contributed by atoms with van der Waals surface area (Å²) in [6.45, 7) is 1.88. The van der Waals surface area contributed by atoms with E-state index in [1.54, 1.807) is 23.9 Å². The van der Waals surface area contributed by atoms with Gasteiger partial charge in [0.2, 0.25) is 0 Å². The second-order valence-electron chi connectivity index (χ2n) is 6.12. The van der Waals surface area contributed by atoms with Gasteiger partial charge in [-0.3, -0.25) is 0 Å². The highest BCUT2D eigenvalue weighted by Crippen LogP contribution is 2.49. The molecule has 1 aliphatic carbocycles. The second kappa shape index (κ2) is 6.58. The third-order valence-electron chi connectivity index (χ3n) is 4.40. The van der Waals surface area contributed by atoms with Crippen LogP contribution in [0.5, 0.6) is 5.75 Å². The third kappa shape index (κ3) is 3.37. The van der Waals surface area contributed by atoms with Gasteiger partial charge in [-0.25, -0.2) is 4.99 Å². The maximum atomic E-state index is 12.4. The fourth-order valence-corrected chi connectivity index (χ4v) is 4.63. The molecule has 3 nitrogen and oxygen atoms in total. The van der Waals surface area contributed by atoms with Crippen LogP contribution < -0.4 is 4.74 Å². The van der Waals surface area contributed by atoms with Crippen LogP contribution in [0.3, 0.4) is 0 Å². The lowest BCUT2D eigenvalue weighted by atomic mass is 9.98. The number of benzene rings is 2. The number of hydrogen-bond acceptors (Lipinski definition) is 4. The van der Waals surface area contributed by atoms with Crippen molar-refractivity contribution in [1.82, 2.24) is 0 Å². The van der Waals surface area contributed by atoms with Gasteiger partial charge in [0.1, 0.15) is 5.75 Å². The van der Waals surface area contributed by atoms with Gasteiger partial charge >= 0.3 is 6.36 Å². The molecular weight excluding hydrogens is 431 g/mol. The maximum absolute atomic E-state index is 12.4. The van der Waals surface area contributed by atoms with Gasteiger partial charge in [-0.2, -0.15) is 0 Å². The number of rotatable bonds is 2. The zero-order valence-corrected chi connectivity index (χ0v) is 16.1. The minimum Gasteiger partial charge on any atom is -0.406 e. The first-order chi connectivity index (χ1) is 11.7. The van der Waals surface area contributed by atoms with Crippen molar-refractivity contribution in [2.75, 3.05) is 0 Å². The molecule has 0 saturated carbocycles. The van der Waals surface area contributed by atoms with E-state index >= 15 is 0 Å². The molecule has 0 fully saturated rings. The molecule has 2 aliphatic rings. The summed E-state index contributed by atoms with van der Waals surface area (Å²) in [7, 11) is 0. The normalized spacial score (nSPS) is 23.7. The van der Waals surface area contributed by atoms with Crippen molar-refractivity contribution in [3.05, 3.63) is 53.6 Å². The maximum Gasteiger partial charge on any atom is 0.573 e. The number of fused-ring (bicyclic) bond motifs is 3. The van der Waals surface area contributed by atoms with Crippen LogP contribution in [0.15, 0.2) is 47.5 Å². The largest absolute Gasteiger partial charge is 0.573 e. The molecular formula is C18H15BrF3NO2S. The van der Waals surface area contributed by atoms with E-state index in [0.717, 1.165) is 21.7 Å². The summed E-state index contributed by atoms with van der Waals surface area (Å²) in [5, 5.41) is 11.6. The van der Waals surface area contributed by atoms with Gasteiger partial charge in [-0.05, 0) is 42.2 Å². The number of hydrogen-bond donors (Lipinski definition) is 1. The minimum absolute atomic E-state index is 0. The predicted molar refractivity (Wildman–Crippen MR) is 101 cm³/mol. The van der Waals surface area contributed by atoms with Gasteiger partial charge < -0.3 is 9.84 Å². The number of thioether (sulfide) groups is 1. The first-order valence-electron chi connectivity index (χ1n) is 7.70. The fraction of sp³-hybridized carbons (Fsp3) is 0.278. The molecule has 0 radical (unpaired) electrons. The summed E-state index contributed by atoms with van der Waals surface area (Å²) >= 11 is 1.56. The van der Waals surface area contributed by atoms with Crippen LogP contribution in [0.25, 0.3) is 11.1 Å². The van der Waals surface area contributed by atoms with Gasteiger partial charge in [0, 0.05) is 5.56 Å². The molecule has 0 saturated heterocycles. The highest BCUT2D eigenvalue weighted by atomic mass is 79.9. The second-order valence-corrected chi connectivity index (χ2v) is 7.51. The van der Waals surface area contributed by atoms with Crippen molar-refractivity contribution in [3.63, 3.8) is 0 Å². The number of nitrogens with zero attached hydrogens (tertiary/aromatic N) is 1. The molecule has 0 amide bonds. The molecule has 138 valence electrons. The molecule has 1 aliphatic heterocycles. The minimum atomic E-state index is -4.72. The van der Waals surface area contributed by atoms with Gasteiger partial charge in [0.25, 0.3) is 0 Å². The molecule has 0 bridgehead atoms. The van der Waals surface area contributed by atoms with Gasteiger partial charge in [-0.1, -0.05) is 30.3 Å². The summed E-state index contributed by atoms with van der Waals surface area (Å²) in [6.07, 6.45) is -4.05. The molecule has 4 rings (SSSR count). The molecule has 1 heterocycles. The third-order valence-corrected chi connectivity index (χ3v) is 5.61.